The number of amides is 2. The summed E-state index contributed by atoms with van der Waals surface area (Å²) in [5.41, 5.74) is 12.6. The third kappa shape index (κ3) is 12.7. The molecule has 2 aromatic carbocycles. The van der Waals surface area contributed by atoms with Crippen LogP contribution in [0.1, 0.15) is 43.6 Å². The zero-order valence-electron chi connectivity index (χ0n) is 22.8. The molecule has 0 aromatic heterocycles. The van der Waals surface area contributed by atoms with E-state index in [2.05, 4.69) is 9.98 Å². The normalized spacial score (nSPS) is 13.0. The summed E-state index contributed by atoms with van der Waals surface area (Å²) in [5.74, 6) is -2.14. The number of amidine groups is 2. The fourth-order valence-corrected chi connectivity index (χ4v) is 5.43. The Hall–Kier alpha value is -3.95. The van der Waals surface area contributed by atoms with Gasteiger partial charge in [-0.3, -0.25) is 30.0 Å². The summed E-state index contributed by atoms with van der Waals surface area (Å²) in [5, 5.41) is 16.1. The lowest BCUT2D eigenvalue weighted by Crippen LogP contribution is -2.21. The Morgan fingerprint density at radius 2 is 1.14 bits per heavy atom. The first-order valence-corrected chi connectivity index (χ1v) is 15.0. The largest absolute Gasteiger partial charge is 0.447 e. The molecule has 12 nitrogen and oxygen atoms in total. The standard InChI is InChI=1S/C27H30N6O6S3/c1-16(34)38-22(18-9-5-3-6-10-18)24(36)32-26(30)41-20(28)13-14-40-15-21(29)42-27(31)33-25(37)23(39-17(2)35)19-11-7-4-8-12-19/h3-12,22-23,28-29H,13-15H2,1-2H3,(H2,30,32,36)(H2,31,33,37). The van der Waals surface area contributed by atoms with E-state index in [1.165, 1.54) is 25.6 Å². The van der Waals surface area contributed by atoms with Gasteiger partial charge in [-0.05, 0) is 29.3 Å². The Bertz CT molecular complexity index is 1250. The number of carbonyl (C=O) groups is 4. The molecular weight excluding hydrogens is 601 g/mol. The maximum atomic E-state index is 12.6. The van der Waals surface area contributed by atoms with Crippen LogP contribution in [0.4, 0.5) is 0 Å². The highest BCUT2D eigenvalue weighted by molar-refractivity contribution is 8.27. The average molecular weight is 631 g/mol. The molecule has 0 aliphatic carbocycles. The number of ether oxygens (including phenoxy) is 2. The number of benzene rings is 2. The van der Waals surface area contributed by atoms with E-state index in [-0.39, 0.29) is 32.6 Å². The lowest BCUT2D eigenvalue weighted by atomic mass is 10.1. The molecule has 0 aliphatic rings. The van der Waals surface area contributed by atoms with Crippen LogP contribution in [0, 0.1) is 10.8 Å². The molecule has 0 saturated carbocycles. The Morgan fingerprint density at radius 1 is 0.738 bits per heavy atom. The number of nitrogens with two attached hydrogens (primary N) is 2. The minimum Gasteiger partial charge on any atom is -0.447 e. The van der Waals surface area contributed by atoms with Crippen LogP contribution in [0.2, 0.25) is 0 Å². The summed E-state index contributed by atoms with van der Waals surface area (Å²) in [6.45, 7) is 2.37. The van der Waals surface area contributed by atoms with Gasteiger partial charge < -0.3 is 20.9 Å². The van der Waals surface area contributed by atoms with E-state index < -0.39 is 36.0 Å². The molecule has 42 heavy (non-hydrogen) atoms. The van der Waals surface area contributed by atoms with E-state index in [0.717, 1.165) is 23.5 Å². The molecule has 222 valence electrons. The molecule has 6 N–H and O–H groups in total. The van der Waals surface area contributed by atoms with Gasteiger partial charge in [0.05, 0.1) is 10.1 Å². The fourth-order valence-electron chi connectivity index (χ4n) is 3.15. The first kappa shape index (κ1) is 34.3. The van der Waals surface area contributed by atoms with Gasteiger partial charge >= 0.3 is 11.9 Å². The monoisotopic (exact) mass is 630 g/mol. The zero-order chi connectivity index (χ0) is 31.1. The number of nitrogens with one attached hydrogen (secondary N) is 2. The first-order chi connectivity index (χ1) is 20.0. The van der Waals surface area contributed by atoms with Crippen molar-refractivity contribution in [3.63, 3.8) is 0 Å². The van der Waals surface area contributed by atoms with Gasteiger partial charge in [0.2, 0.25) is 12.2 Å². The van der Waals surface area contributed by atoms with Crippen LogP contribution in [-0.4, -0.2) is 55.7 Å². The van der Waals surface area contributed by atoms with E-state index >= 15 is 0 Å². The summed E-state index contributed by atoms with van der Waals surface area (Å²) in [6.07, 6.45) is -2.20. The lowest BCUT2D eigenvalue weighted by Gasteiger charge is -2.14. The Labute approximate surface area is 255 Å². The van der Waals surface area contributed by atoms with Crippen LogP contribution < -0.4 is 11.5 Å². The van der Waals surface area contributed by atoms with Gasteiger partial charge in [-0.15, -0.1) is 0 Å². The third-order valence-electron chi connectivity index (χ3n) is 4.82. The van der Waals surface area contributed by atoms with Crippen LogP contribution in [0.25, 0.3) is 0 Å². The average Bonchev–Trinajstić information content (AvgIpc) is 2.93. The number of thioether (sulfide) groups is 3. The van der Waals surface area contributed by atoms with Gasteiger partial charge in [-0.1, -0.05) is 60.7 Å². The maximum Gasteiger partial charge on any atom is 0.303 e. The van der Waals surface area contributed by atoms with Gasteiger partial charge in [-0.2, -0.15) is 21.7 Å². The highest BCUT2D eigenvalue weighted by atomic mass is 32.2. The molecule has 0 fully saturated rings. The second kappa shape index (κ2) is 17.8. The van der Waals surface area contributed by atoms with Crippen molar-refractivity contribution >= 4 is 79.5 Å². The third-order valence-corrected chi connectivity index (χ3v) is 7.43. The van der Waals surface area contributed by atoms with Crippen molar-refractivity contribution in [1.82, 2.24) is 0 Å². The van der Waals surface area contributed by atoms with Gasteiger partial charge in [0.25, 0.3) is 11.8 Å². The Kier molecular flexibility index (Phi) is 14.5. The van der Waals surface area contributed by atoms with Crippen LogP contribution in [0.15, 0.2) is 70.6 Å². The van der Waals surface area contributed by atoms with Crippen molar-refractivity contribution in [3.8, 4) is 0 Å². The molecular formula is C27H30N6O6S3. The highest BCUT2D eigenvalue weighted by Gasteiger charge is 2.25. The molecule has 0 bridgehead atoms. The fraction of sp³-hybridized carbons (Fsp3) is 0.259. The molecule has 0 radical (unpaired) electrons. The van der Waals surface area contributed by atoms with E-state index in [0.29, 0.717) is 16.9 Å². The number of hydrogen-bond acceptors (Lipinski definition) is 11. The van der Waals surface area contributed by atoms with Crippen molar-refractivity contribution in [2.45, 2.75) is 32.5 Å². The molecule has 2 unspecified atom stereocenters. The van der Waals surface area contributed by atoms with Crippen molar-refractivity contribution in [3.05, 3.63) is 71.8 Å². The predicted octanol–water partition coefficient (Wildman–Crippen LogP) is 3.82. The number of aliphatic imine (C=N–C) groups is 2. The lowest BCUT2D eigenvalue weighted by molar-refractivity contribution is -0.153. The smallest absolute Gasteiger partial charge is 0.303 e. The van der Waals surface area contributed by atoms with Crippen LogP contribution >= 0.6 is 35.3 Å². The number of hydrogen-bond donors (Lipinski definition) is 4. The van der Waals surface area contributed by atoms with Crippen LogP contribution in [-0.2, 0) is 28.7 Å². The summed E-state index contributed by atoms with van der Waals surface area (Å²) in [7, 11) is 0. The first-order valence-electron chi connectivity index (χ1n) is 12.2. The van der Waals surface area contributed by atoms with E-state index in [9.17, 15) is 19.2 Å². The van der Waals surface area contributed by atoms with Crippen molar-refractivity contribution in [2.24, 2.45) is 21.5 Å². The second-order valence-corrected chi connectivity index (χ2v) is 11.6. The van der Waals surface area contributed by atoms with Crippen molar-refractivity contribution < 1.29 is 28.7 Å². The number of nitrogens with zero attached hydrogens (tertiary/aromatic N) is 2. The summed E-state index contributed by atoms with van der Waals surface area (Å²) >= 11 is 2.95. The van der Waals surface area contributed by atoms with E-state index in [4.69, 9.17) is 31.8 Å². The van der Waals surface area contributed by atoms with Gasteiger partial charge in [-0.25, -0.2) is 0 Å². The van der Waals surface area contributed by atoms with Gasteiger partial charge in [0.15, 0.2) is 10.3 Å². The van der Waals surface area contributed by atoms with Crippen LogP contribution in [0.5, 0.6) is 0 Å². The Morgan fingerprint density at radius 3 is 1.55 bits per heavy atom. The molecule has 0 heterocycles. The number of carbonyl (C=O) groups excluding carboxylic acids is 4. The summed E-state index contributed by atoms with van der Waals surface area (Å²) < 4.78 is 10.2. The maximum absolute atomic E-state index is 12.6. The number of rotatable bonds is 11. The molecule has 0 spiro atoms. The highest BCUT2D eigenvalue weighted by Crippen LogP contribution is 2.22. The number of esters is 2. The summed E-state index contributed by atoms with van der Waals surface area (Å²) in [4.78, 5) is 55.7. The van der Waals surface area contributed by atoms with E-state index in [1.54, 1.807) is 60.7 Å². The van der Waals surface area contributed by atoms with Gasteiger partial charge in [0, 0.05) is 37.1 Å². The SMILES string of the molecule is CC(=O)OC(C(=O)N=C(N)SC(=N)CCSCC(=N)SC(N)=NC(=O)C(OC(C)=O)c1ccccc1)c1ccccc1. The van der Waals surface area contributed by atoms with Crippen molar-refractivity contribution in [2.75, 3.05) is 11.5 Å². The molecule has 15 heteroatoms. The molecule has 2 amide bonds. The molecule has 2 rings (SSSR count). The topological polar surface area (TPSA) is 211 Å². The molecule has 0 aliphatic heterocycles. The minimum atomic E-state index is -1.24. The summed E-state index contributed by atoms with van der Waals surface area (Å²) in [6, 6.07) is 16.8. The second-order valence-electron chi connectivity index (χ2n) is 8.23. The molecule has 2 atom stereocenters. The van der Waals surface area contributed by atoms with Gasteiger partial charge in [0.1, 0.15) is 0 Å². The molecule has 2 aromatic rings. The van der Waals surface area contributed by atoms with E-state index in [1.807, 2.05) is 0 Å². The quantitative estimate of drug-likeness (QED) is 0.121. The predicted molar refractivity (Wildman–Crippen MR) is 168 cm³/mol. The zero-order valence-corrected chi connectivity index (χ0v) is 25.2. The van der Waals surface area contributed by atoms with Crippen LogP contribution in [0.3, 0.4) is 0 Å². The Balaban J connectivity index is 1.81. The molecule has 0 saturated heterocycles. The van der Waals surface area contributed by atoms with Crippen molar-refractivity contribution in [1.29, 1.82) is 10.8 Å². The minimum absolute atomic E-state index is 0.126.